The van der Waals surface area contributed by atoms with Crippen LogP contribution in [-0.4, -0.2) is 59.7 Å². The molecule has 0 aliphatic carbocycles. The van der Waals surface area contributed by atoms with Crippen molar-refractivity contribution in [1.29, 1.82) is 0 Å². The Morgan fingerprint density at radius 1 is 1.21 bits per heavy atom. The summed E-state index contributed by atoms with van der Waals surface area (Å²) in [6, 6.07) is 3.66. The summed E-state index contributed by atoms with van der Waals surface area (Å²) in [4.78, 5) is 53.3. The van der Waals surface area contributed by atoms with Crippen LogP contribution in [-0.2, 0) is 16.1 Å². The highest BCUT2D eigenvalue weighted by atomic mass is 16.2. The van der Waals surface area contributed by atoms with Crippen molar-refractivity contribution in [3.63, 3.8) is 0 Å². The Hall–Kier alpha value is -3.27. The molecule has 3 atom stereocenters. The number of hydrogen-bond acceptors (Lipinski definition) is 7. The van der Waals surface area contributed by atoms with E-state index in [0.717, 1.165) is 4.90 Å². The Balaban J connectivity index is 1.56. The lowest BCUT2D eigenvalue weighted by atomic mass is 10.0. The Kier molecular flexibility index (Phi) is 5.01. The lowest BCUT2D eigenvalue weighted by Gasteiger charge is -2.27. The molecular weight excluding hydrogens is 378 g/mol. The molecule has 4 amide bonds. The molecule has 29 heavy (non-hydrogen) atoms. The van der Waals surface area contributed by atoms with Crippen LogP contribution in [0.15, 0.2) is 23.3 Å². The van der Waals surface area contributed by atoms with Gasteiger partial charge in [-0.05, 0) is 23.6 Å². The molecule has 3 aliphatic heterocycles. The molecule has 0 aromatic heterocycles. The minimum absolute atomic E-state index is 0.0771. The van der Waals surface area contributed by atoms with Crippen LogP contribution >= 0.6 is 0 Å². The van der Waals surface area contributed by atoms with E-state index in [1.54, 1.807) is 18.2 Å². The lowest BCUT2D eigenvalue weighted by Crippen LogP contribution is -2.54. The Bertz CT molecular complexity index is 956. The van der Waals surface area contributed by atoms with Crippen molar-refractivity contribution < 1.29 is 19.2 Å². The van der Waals surface area contributed by atoms with Gasteiger partial charge in [0.05, 0.1) is 17.2 Å². The third kappa shape index (κ3) is 3.35. The molecular formula is C18H19N7O4. The van der Waals surface area contributed by atoms with Gasteiger partial charge in [-0.3, -0.25) is 29.4 Å². The fraction of sp³-hybridized carbons (Fsp3) is 0.444. The van der Waals surface area contributed by atoms with Crippen molar-refractivity contribution in [3.05, 3.63) is 45.3 Å². The maximum absolute atomic E-state index is 13.1. The van der Waals surface area contributed by atoms with Gasteiger partial charge in [0.2, 0.25) is 11.8 Å². The molecule has 3 N–H and O–H groups in total. The summed E-state index contributed by atoms with van der Waals surface area (Å²) < 4.78 is 0. The number of nitrogens with zero attached hydrogens (tertiary/aromatic N) is 4. The smallest absolute Gasteiger partial charge is 0.262 e. The number of imide groups is 2. The van der Waals surface area contributed by atoms with Crippen LogP contribution < -0.4 is 16.0 Å². The van der Waals surface area contributed by atoms with E-state index in [0.29, 0.717) is 25.2 Å². The van der Waals surface area contributed by atoms with E-state index in [4.69, 9.17) is 5.53 Å². The molecule has 4 rings (SSSR count). The first-order valence-corrected chi connectivity index (χ1v) is 9.33. The minimum atomic E-state index is -0.991. The summed E-state index contributed by atoms with van der Waals surface area (Å²) in [5.74, 6) is -2.11. The summed E-state index contributed by atoms with van der Waals surface area (Å²) >= 11 is 0. The number of rotatable bonds is 5. The molecule has 1 aromatic carbocycles. The zero-order chi connectivity index (χ0) is 20.5. The van der Waals surface area contributed by atoms with Crippen LogP contribution in [0.5, 0.6) is 0 Å². The van der Waals surface area contributed by atoms with E-state index in [1.165, 1.54) is 0 Å². The van der Waals surface area contributed by atoms with Gasteiger partial charge in [-0.15, -0.1) is 0 Å². The Labute approximate surface area is 165 Å². The first-order chi connectivity index (χ1) is 14.0. The van der Waals surface area contributed by atoms with E-state index in [-0.39, 0.29) is 36.1 Å². The highest BCUT2D eigenvalue weighted by Gasteiger charge is 2.45. The maximum atomic E-state index is 13.1. The maximum Gasteiger partial charge on any atom is 0.262 e. The van der Waals surface area contributed by atoms with Crippen molar-refractivity contribution in [1.82, 2.24) is 20.9 Å². The van der Waals surface area contributed by atoms with Gasteiger partial charge in [-0.1, -0.05) is 17.2 Å². The number of azide groups is 1. The topological polar surface area (TPSA) is 156 Å². The van der Waals surface area contributed by atoms with Gasteiger partial charge in [0.25, 0.3) is 11.8 Å². The fourth-order valence-electron chi connectivity index (χ4n) is 4.03. The minimum Gasteiger partial charge on any atom is -0.315 e. The molecule has 11 nitrogen and oxygen atoms in total. The summed E-state index contributed by atoms with van der Waals surface area (Å²) in [6.45, 7) is 1.48. The first-order valence-electron chi connectivity index (χ1n) is 9.33. The quantitative estimate of drug-likeness (QED) is 0.271. The number of benzene rings is 1. The van der Waals surface area contributed by atoms with Crippen molar-refractivity contribution in [2.75, 3.05) is 13.1 Å². The van der Waals surface area contributed by atoms with E-state index < -0.39 is 29.7 Å². The molecule has 1 aromatic rings. The molecule has 2 saturated heterocycles. The van der Waals surface area contributed by atoms with Crippen LogP contribution in [0, 0.1) is 0 Å². The van der Waals surface area contributed by atoms with Gasteiger partial charge in [0, 0.05) is 37.0 Å². The summed E-state index contributed by atoms with van der Waals surface area (Å²) in [5, 5.41) is 12.4. The second kappa shape index (κ2) is 7.63. The van der Waals surface area contributed by atoms with Crippen LogP contribution in [0.2, 0.25) is 0 Å². The molecule has 11 heteroatoms. The first kappa shape index (κ1) is 19.1. The van der Waals surface area contributed by atoms with Gasteiger partial charge < -0.3 is 10.6 Å². The molecule has 0 spiro atoms. The largest absolute Gasteiger partial charge is 0.315 e. The van der Waals surface area contributed by atoms with Crippen LogP contribution in [0.25, 0.3) is 10.4 Å². The number of fused-ring (bicyclic) bond motifs is 1. The van der Waals surface area contributed by atoms with Crippen molar-refractivity contribution >= 4 is 23.6 Å². The average Bonchev–Trinajstić information content (AvgIpc) is 3.24. The SMILES string of the molecule is [N-]=[N+]=N[C@@H]1CNC[C@@H]1NCc1cccc2c1C(=O)N(C1CCC(=O)NC1=O)C2=O. The van der Waals surface area contributed by atoms with E-state index in [2.05, 4.69) is 26.0 Å². The third-order valence-corrected chi connectivity index (χ3v) is 5.49. The second-order valence-corrected chi connectivity index (χ2v) is 7.20. The predicted octanol–water partition coefficient (Wildman–Crippen LogP) is -0.172. The molecule has 3 heterocycles. The van der Waals surface area contributed by atoms with Gasteiger partial charge in [0.1, 0.15) is 6.04 Å². The van der Waals surface area contributed by atoms with Gasteiger partial charge >= 0.3 is 0 Å². The zero-order valence-electron chi connectivity index (χ0n) is 15.4. The van der Waals surface area contributed by atoms with E-state index in [9.17, 15) is 19.2 Å². The molecule has 2 fully saturated rings. The Morgan fingerprint density at radius 2 is 2.03 bits per heavy atom. The van der Waals surface area contributed by atoms with Gasteiger partial charge in [0.15, 0.2) is 0 Å². The fourth-order valence-corrected chi connectivity index (χ4v) is 4.03. The van der Waals surface area contributed by atoms with Gasteiger partial charge in [-0.2, -0.15) is 0 Å². The number of amides is 4. The number of carbonyl (C=O) groups excluding carboxylic acids is 4. The second-order valence-electron chi connectivity index (χ2n) is 7.20. The normalized spacial score (nSPS) is 26.3. The molecule has 0 saturated carbocycles. The van der Waals surface area contributed by atoms with Crippen molar-refractivity contribution in [2.24, 2.45) is 5.11 Å². The number of piperidine rings is 1. The summed E-state index contributed by atoms with van der Waals surface area (Å²) in [6.07, 6.45) is 0.193. The van der Waals surface area contributed by atoms with Crippen molar-refractivity contribution in [3.8, 4) is 0 Å². The van der Waals surface area contributed by atoms with E-state index >= 15 is 0 Å². The Morgan fingerprint density at radius 3 is 2.79 bits per heavy atom. The summed E-state index contributed by atoms with van der Waals surface area (Å²) in [5.41, 5.74) is 9.81. The number of carbonyl (C=O) groups is 4. The number of hydrogen-bond donors (Lipinski definition) is 3. The lowest BCUT2D eigenvalue weighted by molar-refractivity contribution is -0.136. The molecule has 3 aliphatic rings. The molecule has 0 bridgehead atoms. The average molecular weight is 397 g/mol. The van der Waals surface area contributed by atoms with Crippen LogP contribution in [0.4, 0.5) is 0 Å². The zero-order valence-corrected chi connectivity index (χ0v) is 15.4. The van der Waals surface area contributed by atoms with Gasteiger partial charge in [-0.25, -0.2) is 0 Å². The van der Waals surface area contributed by atoms with Crippen LogP contribution in [0.1, 0.15) is 39.1 Å². The van der Waals surface area contributed by atoms with Crippen molar-refractivity contribution in [2.45, 2.75) is 37.5 Å². The molecule has 0 radical (unpaired) electrons. The monoisotopic (exact) mass is 397 g/mol. The highest BCUT2D eigenvalue weighted by Crippen LogP contribution is 2.30. The van der Waals surface area contributed by atoms with E-state index in [1.807, 2.05) is 0 Å². The molecule has 1 unspecified atom stereocenters. The standard InChI is InChI=1S/C18H19N7O4/c19-24-23-12-8-20-7-11(12)21-6-9-2-1-3-10-15(9)18(29)25(17(10)28)13-4-5-14(26)22-16(13)27/h1-3,11-13,20-21H,4-8H2,(H,22,26,27)/t11-,12+,13?/m0/s1. The third-order valence-electron chi connectivity index (χ3n) is 5.49. The predicted molar refractivity (Wildman–Crippen MR) is 99.5 cm³/mol. The van der Waals surface area contributed by atoms with Crippen LogP contribution in [0.3, 0.4) is 0 Å². The number of nitrogens with one attached hydrogen (secondary N) is 3. The summed E-state index contributed by atoms with van der Waals surface area (Å²) in [7, 11) is 0. The molecule has 150 valence electrons. The highest BCUT2D eigenvalue weighted by molar-refractivity contribution is 6.24.